The van der Waals surface area contributed by atoms with E-state index in [1.165, 1.54) is 11.3 Å². The zero-order chi connectivity index (χ0) is 17.9. The molecule has 1 aromatic heterocycles. The van der Waals surface area contributed by atoms with Gasteiger partial charge in [0.1, 0.15) is 5.75 Å². The summed E-state index contributed by atoms with van der Waals surface area (Å²) >= 11 is 1.39. The average molecular weight is 361 g/mol. The Hall–Kier alpha value is -2.41. The molecule has 1 aromatic carbocycles. The molecule has 1 heterocycles. The second-order valence-corrected chi connectivity index (χ2v) is 6.12. The number of anilines is 1. The predicted octanol–water partition coefficient (Wildman–Crippen LogP) is 3.87. The van der Waals surface area contributed by atoms with Crippen LogP contribution in [0.1, 0.15) is 37.9 Å². The molecule has 1 N–H and O–H groups in total. The van der Waals surface area contributed by atoms with Gasteiger partial charge >= 0.3 is 5.97 Å². The van der Waals surface area contributed by atoms with Gasteiger partial charge < -0.3 is 9.47 Å². The molecule has 0 bridgehead atoms. The zero-order valence-corrected chi connectivity index (χ0v) is 15.3. The summed E-state index contributed by atoms with van der Waals surface area (Å²) in [4.78, 5) is 15.7. The van der Waals surface area contributed by atoms with Crippen LogP contribution >= 0.6 is 11.3 Å². The molecule has 25 heavy (non-hydrogen) atoms. The van der Waals surface area contributed by atoms with Gasteiger partial charge in [-0.1, -0.05) is 13.3 Å². The van der Waals surface area contributed by atoms with Crippen LogP contribution in [0, 0.1) is 0 Å². The topological polar surface area (TPSA) is 72.8 Å². The Bertz CT molecular complexity index is 683. The maximum atomic E-state index is 11.4. The third kappa shape index (κ3) is 6.93. The summed E-state index contributed by atoms with van der Waals surface area (Å²) in [5.74, 6) is 0.589. The number of ether oxygens (including phenoxy) is 2. The lowest BCUT2D eigenvalue weighted by Crippen LogP contribution is -2.07. The number of aromatic nitrogens is 1. The third-order valence-corrected chi connectivity index (χ3v) is 4.00. The summed E-state index contributed by atoms with van der Waals surface area (Å²) in [6.07, 6.45) is 4.06. The molecule has 0 aliphatic heterocycles. The molecular weight excluding hydrogens is 338 g/mol. The van der Waals surface area contributed by atoms with Crippen molar-refractivity contribution in [2.45, 2.75) is 33.1 Å². The summed E-state index contributed by atoms with van der Waals surface area (Å²) in [7, 11) is 0. The van der Waals surface area contributed by atoms with Crippen molar-refractivity contribution in [2.24, 2.45) is 5.10 Å². The highest BCUT2D eigenvalue weighted by atomic mass is 32.1. The van der Waals surface area contributed by atoms with Gasteiger partial charge in [-0.15, -0.1) is 11.3 Å². The van der Waals surface area contributed by atoms with Crippen molar-refractivity contribution in [1.82, 2.24) is 4.98 Å². The number of benzene rings is 1. The quantitative estimate of drug-likeness (QED) is 0.301. The van der Waals surface area contributed by atoms with E-state index < -0.39 is 0 Å². The first-order valence-electron chi connectivity index (χ1n) is 8.33. The largest absolute Gasteiger partial charge is 0.494 e. The lowest BCUT2D eigenvalue weighted by atomic mass is 10.2. The fourth-order valence-electron chi connectivity index (χ4n) is 1.95. The SMILES string of the molecule is CCCCOc1ccc(C=NNc2nc(CC(=O)OCC)cs2)cc1. The zero-order valence-electron chi connectivity index (χ0n) is 14.5. The number of rotatable bonds is 10. The van der Waals surface area contributed by atoms with Gasteiger partial charge in [0.15, 0.2) is 0 Å². The van der Waals surface area contributed by atoms with E-state index in [9.17, 15) is 4.79 Å². The molecule has 0 spiro atoms. The monoisotopic (exact) mass is 361 g/mol. The van der Waals surface area contributed by atoms with E-state index in [1.54, 1.807) is 13.1 Å². The molecule has 6 nitrogen and oxygen atoms in total. The molecule has 0 unspecified atom stereocenters. The van der Waals surface area contributed by atoms with E-state index in [0.717, 1.165) is 30.8 Å². The first kappa shape index (κ1) is 18.9. The number of carbonyl (C=O) groups is 1. The molecule has 0 atom stereocenters. The Labute approximate surface area is 151 Å². The van der Waals surface area contributed by atoms with E-state index >= 15 is 0 Å². The molecule has 134 valence electrons. The molecule has 7 heteroatoms. The lowest BCUT2D eigenvalue weighted by Gasteiger charge is -2.04. The second-order valence-electron chi connectivity index (χ2n) is 5.27. The highest BCUT2D eigenvalue weighted by molar-refractivity contribution is 7.13. The van der Waals surface area contributed by atoms with E-state index in [-0.39, 0.29) is 12.4 Å². The molecule has 0 saturated heterocycles. The van der Waals surface area contributed by atoms with Crippen LogP contribution in [0.5, 0.6) is 5.75 Å². The molecule has 2 aromatic rings. The number of nitrogens with one attached hydrogen (secondary N) is 1. The third-order valence-electron chi connectivity index (χ3n) is 3.20. The first-order valence-corrected chi connectivity index (χ1v) is 9.21. The van der Waals surface area contributed by atoms with Crippen molar-refractivity contribution < 1.29 is 14.3 Å². The number of thiazole rings is 1. The fraction of sp³-hybridized carbons (Fsp3) is 0.389. The number of carbonyl (C=O) groups excluding carboxylic acids is 1. The van der Waals surface area contributed by atoms with Crippen molar-refractivity contribution in [1.29, 1.82) is 0 Å². The van der Waals surface area contributed by atoms with E-state index in [1.807, 2.05) is 29.6 Å². The minimum atomic E-state index is -0.274. The van der Waals surface area contributed by atoms with Crippen LogP contribution in [0.25, 0.3) is 0 Å². The summed E-state index contributed by atoms with van der Waals surface area (Å²) in [6.45, 7) is 5.03. The summed E-state index contributed by atoms with van der Waals surface area (Å²) in [5.41, 5.74) is 4.50. The van der Waals surface area contributed by atoms with Gasteiger partial charge in [0.05, 0.1) is 31.5 Å². The van der Waals surface area contributed by atoms with Gasteiger partial charge in [0.2, 0.25) is 5.13 Å². The number of esters is 1. The lowest BCUT2D eigenvalue weighted by molar-refractivity contribution is -0.142. The summed E-state index contributed by atoms with van der Waals surface area (Å²) in [5, 5.41) is 6.61. The van der Waals surface area contributed by atoms with Crippen molar-refractivity contribution in [3.8, 4) is 5.75 Å². The summed E-state index contributed by atoms with van der Waals surface area (Å²) in [6, 6.07) is 7.75. The summed E-state index contributed by atoms with van der Waals surface area (Å²) < 4.78 is 10.5. The van der Waals surface area contributed by atoms with Gasteiger partial charge in [-0.25, -0.2) is 4.98 Å². The normalized spacial score (nSPS) is 10.8. The molecule has 0 saturated carbocycles. The van der Waals surface area contributed by atoms with Crippen LogP contribution in [-0.2, 0) is 16.0 Å². The highest BCUT2D eigenvalue weighted by Gasteiger charge is 2.07. The number of hydrogen-bond donors (Lipinski definition) is 1. The van der Waals surface area contributed by atoms with Crippen LogP contribution in [0.2, 0.25) is 0 Å². The molecular formula is C18H23N3O3S. The van der Waals surface area contributed by atoms with E-state index in [2.05, 4.69) is 22.4 Å². The Balaban J connectivity index is 1.80. The van der Waals surface area contributed by atoms with Crippen LogP contribution in [0.4, 0.5) is 5.13 Å². The maximum absolute atomic E-state index is 11.4. The maximum Gasteiger partial charge on any atom is 0.311 e. The van der Waals surface area contributed by atoms with E-state index in [4.69, 9.17) is 9.47 Å². The molecule has 2 rings (SSSR count). The van der Waals surface area contributed by atoms with E-state index in [0.29, 0.717) is 17.4 Å². The number of unbranched alkanes of at least 4 members (excludes halogenated alkanes) is 1. The van der Waals surface area contributed by atoms with Gasteiger partial charge in [-0.05, 0) is 43.2 Å². The Morgan fingerprint density at radius 2 is 2.12 bits per heavy atom. The number of hydrogen-bond acceptors (Lipinski definition) is 7. The Morgan fingerprint density at radius 1 is 1.32 bits per heavy atom. The number of nitrogens with zero attached hydrogens (tertiary/aromatic N) is 2. The smallest absolute Gasteiger partial charge is 0.311 e. The van der Waals surface area contributed by atoms with Gasteiger partial charge in [-0.3, -0.25) is 10.2 Å². The molecule has 0 fully saturated rings. The molecule has 0 radical (unpaired) electrons. The van der Waals surface area contributed by atoms with Crippen molar-refractivity contribution in [3.63, 3.8) is 0 Å². The second kappa shape index (κ2) is 10.5. The number of hydrazone groups is 1. The molecule has 0 aliphatic carbocycles. The Morgan fingerprint density at radius 3 is 2.84 bits per heavy atom. The van der Waals surface area contributed by atoms with Crippen LogP contribution < -0.4 is 10.2 Å². The van der Waals surface area contributed by atoms with Crippen LogP contribution in [0.15, 0.2) is 34.7 Å². The molecule has 0 aliphatic rings. The minimum absolute atomic E-state index is 0.176. The standard InChI is InChI=1S/C18H23N3O3S/c1-3-5-10-24-16-8-6-14(7-9-16)12-19-21-18-20-15(13-25-18)11-17(22)23-4-2/h6-9,12-13H,3-5,10-11H2,1-2H3,(H,20,21). The average Bonchev–Trinajstić information content (AvgIpc) is 3.04. The highest BCUT2D eigenvalue weighted by Crippen LogP contribution is 2.16. The van der Waals surface area contributed by atoms with Crippen molar-refractivity contribution in [3.05, 3.63) is 40.9 Å². The molecule has 0 amide bonds. The first-order chi connectivity index (χ1) is 12.2. The van der Waals surface area contributed by atoms with Crippen LogP contribution in [-0.4, -0.2) is 30.4 Å². The minimum Gasteiger partial charge on any atom is -0.494 e. The van der Waals surface area contributed by atoms with Crippen molar-refractivity contribution in [2.75, 3.05) is 18.6 Å². The Kier molecular flexibility index (Phi) is 7.91. The van der Waals surface area contributed by atoms with Crippen molar-refractivity contribution >= 4 is 28.7 Å². The van der Waals surface area contributed by atoms with Gasteiger partial charge in [0, 0.05) is 5.38 Å². The van der Waals surface area contributed by atoms with Gasteiger partial charge in [0.25, 0.3) is 0 Å². The van der Waals surface area contributed by atoms with Crippen LogP contribution in [0.3, 0.4) is 0 Å². The predicted molar refractivity (Wildman–Crippen MR) is 101 cm³/mol. The van der Waals surface area contributed by atoms with Gasteiger partial charge in [-0.2, -0.15) is 5.10 Å². The fourth-order valence-corrected chi connectivity index (χ4v) is 2.60.